The van der Waals surface area contributed by atoms with Gasteiger partial charge < -0.3 is 13.3 Å². The van der Waals surface area contributed by atoms with Crippen molar-refractivity contribution in [1.82, 2.24) is 0 Å². The molecule has 6 aliphatic carbocycles. The normalized spacial score (nSPS) is 13.8. The lowest BCUT2D eigenvalue weighted by Gasteiger charge is -2.30. The average molecular weight is 1530 g/mol. The van der Waals surface area contributed by atoms with E-state index in [1.54, 1.807) is 0 Å². The second kappa shape index (κ2) is 25.4. The summed E-state index contributed by atoms with van der Waals surface area (Å²) in [5, 5.41) is 7.42. The number of hydrogen-bond donors (Lipinski definition) is 0. The zero-order valence-electron chi connectivity index (χ0n) is 64.6. The topological polar surface area (TPSA) is 90.6 Å². The number of benzene rings is 18. The molecule has 6 heteroatoms. The van der Waals surface area contributed by atoms with Crippen LogP contribution in [0.4, 0.5) is 0 Å². The molecular weight excluding hydrogens is 1470 g/mol. The van der Waals surface area contributed by atoms with E-state index in [1.165, 1.54) is 134 Å². The van der Waals surface area contributed by atoms with Gasteiger partial charge in [0.15, 0.2) is 0 Å². The lowest BCUT2D eigenvalue weighted by molar-refractivity contribution is 0.569. The second-order valence-electron chi connectivity index (χ2n) is 32.3. The van der Waals surface area contributed by atoms with Gasteiger partial charge in [-0.2, -0.15) is 0 Å². The minimum atomic E-state index is -0.409. The molecule has 0 radical (unpaired) electrons. The molecule has 0 saturated carbocycles. The fourth-order valence-corrected chi connectivity index (χ4v) is 22.2. The molecule has 0 atom stereocenters. The predicted molar refractivity (Wildman–Crippen MR) is 485 cm³/mol. The van der Waals surface area contributed by atoms with Gasteiger partial charge in [-0.1, -0.05) is 346 Å². The zero-order valence-corrected chi connectivity index (χ0v) is 64.6. The van der Waals surface area contributed by atoms with Crippen LogP contribution in [-0.4, -0.2) is 0 Å². The molecule has 0 N–H and O–H groups in total. The first kappa shape index (κ1) is 67.7. The standard InChI is InChI=1S/3C38H22O2/c39-37-30-14-2-1-13-29(30)36-24(15-9-19-35(36)40-37)23-20-21-28-27-12-5-8-18-33(27)38(34(28)22-23)31-16-6-3-10-25(31)26-11-4-7-17-32(26)38;39-37-31-14-2-1-10-25(31)30-16-9-15-24(36(30)40-37)23-20-21-29-28-13-5-8-19-34(28)38(35(29)22-23)32-17-6-3-11-26(32)27-12-4-7-18-33(27)38;39-37-30-13-2-1-9-25(30)31-21-23(18-20-36(31)40-37)24-17-19-29-28-12-5-8-16-34(28)38(35(29)22-24)32-14-6-3-10-26(32)27-11-4-7-15-33(27)38/h3*1-22H. The minimum absolute atomic E-state index is 0.299. The first-order valence-electron chi connectivity index (χ1n) is 41.0. The molecule has 0 bridgehead atoms. The van der Waals surface area contributed by atoms with Gasteiger partial charge in [0, 0.05) is 27.1 Å². The molecule has 558 valence electrons. The molecule has 6 nitrogen and oxygen atoms in total. The lowest BCUT2D eigenvalue weighted by Crippen LogP contribution is -2.25. The van der Waals surface area contributed by atoms with Crippen molar-refractivity contribution >= 4 is 65.2 Å². The summed E-state index contributed by atoms with van der Waals surface area (Å²) in [4.78, 5) is 38.3. The molecule has 6 aliphatic rings. The van der Waals surface area contributed by atoms with Crippen molar-refractivity contribution in [2.45, 2.75) is 16.2 Å². The second-order valence-corrected chi connectivity index (χ2v) is 32.3. The van der Waals surface area contributed by atoms with E-state index in [-0.39, 0.29) is 22.3 Å². The third kappa shape index (κ3) is 9.08. The van der Waals surface area contributed by atoms with Crippen molar-refractivity contribution in [2.24, 2.45) is 0 Å². The highest BCUT2D eigenvalue weighted by Crippen LogP contribution is 2.67. The van der Waals surface area contributed by atoms with Crippen LogP contribution in [0.5, 0.6) is 0 Å². The van der Waals surface area contributed by atoms with E-state index in [9.17, 15) is 14.4 Å². The van der Waals surface area contributed by atoms with Gasteiger partial charge in [0.25, 0.3) is 0 Å². The Kier molecular flexibility index (Phi) is 14.3. The summed E-state index contributed by atoms with van der Waals surface area (Å²) >= 11 is 0. The average Bonchev–Trinajstić information content (AvgIpc) is 1.51. The van der Waals surface area contributed by atoms with Crippen LogP contribution in [0.1, 0.15) is 66.8 Å². The number of rotatable bonds is 3. The zero-order chi connectivity index (χ0) is 79.3. The van der Waals surface area contributed by atoms with E-state index in [0.29, 0.717) is 32.9 Å². The molecule has 21 aromatic rings. The Hall–Kier alpha value is -15.6. The molecule has 3 aromatic heterocycles. The Morgan fingerprint density at radius 3 is 0.825 bits per heavy atom. The number of fused-ring (bicyclic) bond motifs is 39. The van der Waals surface area contributed by atoms with Crippen molar-refractivity contribution in [1.29, 1.82) is 0 Å². The first-order chi connectivity index (χ1) is 59.3. The molecule has 0 fully saturated rings. The molecule has 120 heavy (non-hydrogen) atoms. The smallest absolute Gasteiger partial charge is 0.344 e. The Morgan fingerprint density at radius 1 is 0.158 bits per heavy atom. The Labute approximate surface area is 688 Å². The predicted octanol–water partition coefficient (Wildman–Crippen LogP) is 26.9. The largest absolute Gasteiger partial charge is 0.422 e. The molecule has 0 unspecified atom stereocenters. The third-order valence-electron chi connectivity index (χ3n) is 26.9. The van der Waals surface area contributed by atoms with Crippen LogP contribution in [-0.2, 0) is 16.2 Å². The van der Waals surface area contributed by atoms with Crippen LogP contribution in [0.25, 0.3) is 165 Å². The molecule has 3 spiro atoms. The summed E-state index contributed by atoms with van der Waals surface area (Å²) in [5.74, 6) is 0. The van der Waals surface area contributed by atoms with Gasteiger partial charge in [0.05, 0.1) is 32.4 Å². The lowest BCUT2D eigenvalue weighted by atomic mass is 9.70. The highest BCUT2D eigenvalue weighted by molar-refractivity contribution is 6.13. The van der Waals surface area contributed by atoms with E-state index < -0.39 is 10.8 Å². The van der Waals surface area contributed by atoms with Crippen molar-refractivity contribution < 1.29 is 13.3 Å². The maximum absolute atomic E-state index is 13.0. The van der Waals surface area contributed by atoms with Crippen molar-refractivity contribution in [3.8, 4) is 100 Å². The van der Waals surface area contributed by atoms with Gasteiger partial charge in [-0.25, -0.2) is 14.4 Å². The summed E-state index contributed by atoms with van der Waals surface area (Å²) < 4.78 is 17.5. The van der Waals surface area contributed by atoms with E-state index in [0.717, 1.165) is 65.7 Å². The van der Waals surface area contributed by atoms with Crippen LogP contribution >= 0.6 is 0 Å². The van der Waals surface area contributed by atoms with Crippen molar-refractivity contribution in [2.75, 3.05) is 0 Å². The number of hydrogen-bond acceptors (Lipinski definition) is 6. The molecule has 0 amide bonds. The third-order valence-corrected chi connectivity index (χ3v) is 26.9. The maximum Gasteiger partial charge on any atom is 0.344 e. The molecular formula is C114H66O6. The SMILES string of the molecule is O=c1oc2c(-c3ccc4c(c3)C3(c5ccccc5-c5ccccc53)c3ccccc3-4)cccc2c2ccccc12.O=c1oc2ccc(-c3ccc4c(c3)C3(c5ccccc5-c5ccccc53)c3ccccc3-4)cc2c2ccccc12.O=c1oc2cccc(-c3ccc4c(c3)C3(c5ccccc5-c5ccccc53)c3ccccc3-4)c2c2ccccc12. The molecule has 3 heterocycles. The molecule has 27 rings (SSSR count). The summed E-state index contributed by atoms with van der Waals surface area (Å²) in [6.45, 7) is 0. The highest BCUT2D eigenvalue weighted by atomic mass is 16.4. The highest BCUT2D eigenvalue weighted by Gasteiger charge is 2.55. The van der Waals surface area contributed by atoms with Crippen LogP contribution in [0.3, 0.4) is 0 Å². The minimum Gasteiger partial charge on any atom is -0.422 e. The van der Waals surface area contributed by atoms with E-state index in [2.05, 4.69) is 303 Å². The Bertz CT molecular complexity index is 8060. The van der Waals surface area contributed by atoms with Gasteiger partial charge in [0.1, 0.15) is 16.7 Å². The van der Waals surface area contributed by atoms with Crippen LogP contribution in [0.2, 0.25) is 0 Å². The summed E-state index contributed by atoms with van der Waals surface area (Å²) in [5.41, 5.74) is 37.4. The molecule has 18 aromatic carbocycles. The Balaban J connectivity index is 0.0000000997. The number of para-hydroxylation sites is 1. The summed E-state index contributed by atoms with van der Waals surface area (Å²) in [6.07, 6.45) is 0. The van der Waals surface area contributed by atoms with Crippen molar-refractivity contribution in [3.05, 3.63) is 498 Å². The monoisotopic (exact) mass is 1530 g/mol. The van der Waals surface area contributed by atoms with Crippen molar-refractivity contribution in [3.63, 3.8) is 0 Å². The molecule has 0 aliphatic heterocycles. The van der Waals surface area contributed by atoms with Crippen LogP contribution in [0, 0.1) is 0 Å². The van der Waals surface area contributed by atoms with E-state index in [4.69, 9.17) is 13.3 Å². The maximum atomic E-state index is 13.0. The first-order valence-corrected chi connectivity index (χ1v) is 41.0. The quantitative estimate of drug-likeness (QED) is 0.129. The Morgan fingerprint density at radius 2 is 0.417 bits per heavy atom. The van der Waals surface area contributed by atoms with Gasteiger partial charge in [-0.3, -0.25) is 0 Å². The van der Waals surface area contributed by atoms with Crippen LogP contribution < -0.4 is 16.9 Å². The van der Waals surface area contributed by atoms with Gasteiger partial charge >= 0.3 is 16.9 Å². The van der Waals surface area contributed by atoms with Gasteiger partial charge in [0.2, 0.25) is 0 Å². The summed E-state index contributed by atoms with van der Waals surface area (Å²) in [7, 11) is 0. The van der Waals surface area contributed by atoms with Crippen LogP contribution in [0.15, 0.2) is 428 Å². The van der Waals surface area contributed by atoms with E-state index in [1.807, 2.05) is 97.1 Å². The fourth-order valence-electron chi connectivity index (χ4n) is 22.2. The fraction of sp³-hybridized carbons (Fsp3) is 0.0263. The van der Waals surface area contributed by atoms with E-state index >= 15 is 0 Å². The molecule has 0 saturated heterocycles. The van der Waals surface area contributed by atoms with Gasteiger partial charge in [-0.15, -0.1) is 0 Å². The van der Waals surface area contributed by atoms with Gasteiger partial charge in [-0.05, 0) is 227 Å². The summed E-state index contributed by atoms with van der Waals surface area (Å²) in [6, 6.07) is 142.